The van der Waals surface area contributed by atoms with Crippen molar-refractivity contribution in [2.45, 2.75) is 6.61 Å². The lowest BCUT2D eigenvalue weighted by atomic mass is 10.1. The van der Waals surface area contributed by atoms with E-state index in [2.05, 4.69) is 4.99 Å². The number of nitro benzene ring substituents is 2. The molecule has 0 amide bonds. The van der Waals surface area contributed by atoms with Gasteiger partial charge in [-0.2, -0.15) is 0 Å². The molecule has 0 N–H and O–H groups in total. The summed E-state index contributed by atoms with van der Waals surface area (Å²) in [6, 6.07) is 18.5. The second kappa shape index (κ2) is 9.10. The zero-order valence-corrected chi connectivity index (χ0v) is 16.9. The minimum absolute atomic E-state index is 0.0340. The van der Waals surface area contributed by atoms with E-state index < -0.39 is 15.8 Å². The third-order valence-electron chi connectivity index (χ3n) is 4.67. The second-order valence-electron chi connectivity index (χ2n) is 6.89. The quantitative estimate of drug-likeness (QED) is 0.227. The lowest BCUT2D eigenvalue weighted by Gasteiger charge is -2.09. The molecule has 33 heavy (non-hydrogen) atoms. The summed E-state index contributed by atoms with van der Waals surface area (Å²) in [7, 11) is 0. The molecule has 0 unspecified atom stereocenters. The SMILES string of the molecule is O=C1OC(c2ccc([N+](=O)[O-])cc2)=N/C1=C\c1ccccc1OCc1cccc([N+](=O)[O-])c1. The Morgan fingerprint density at radius 3 is 2.36 bits per heavy atom. The van der Waals surface area contributed by atoms with Crippen molar-refractivity contribution in [3.8, 4) is 5.75 Å². The van der Waals surface area contributed by atoms with Gasteiger partial charge in [-0.05, 0) is 29.8 Å². The van der Waals surface area contributed by atoms with Crippen molar-refractivity contribution in [2.24, 2.45) is 4.99 Å². The van der Waals surface area contributed by atoms with Gasteiger partial charge in [-0.1, -0.05) is 30.3 Å². The van der Waals surface area contributed by atoms with Crippen LogP contribution in [0.5, 0.6) is 5.75 Å². The Morgan fingerprint density at radius 2 is 1.64 bits per heavy atom. The molecule has 0 aliphatic carbocycles. The Morgan fingerprint density at radius 1 is 0.909 bits per heavy atom. The summed E-state index contributed by atoms with van der Waals surface area (Å²) in [4.78, 5) is 37.3. The van der Waals surface area contributed by atoms with Crippen LogP contribution in [0, 0.1) is 20.2 Å². The molecule has 3 aromatic carbocycles. The molecule has 0 saturated heterocycles. The molecule has 10 heteroatoms. The van der Waals surface area contributed by atoms with Gasteiger partial charge in [0, 0.05) is 35.4 Å². The largest absolute Gasteiger partial charge is 0.488 e. The van der Waals surface area contributed by atoms with Crippen molar-refractivity contribution in [3.63, 3.8) is 0 Å². The molecule has 1 aliphatic rings. The van der Waals surface area contributed by atoms with Crippen LogP contribution in [0.4, 0.5) is 11.4 Å². The van der Waals surface area contributed by atoms with E-state index in [0.717, 1.165) is 0 Å². The summed E-state index contributed by atoms with van der Waals surface area (Å²) in [5.74, 6) is -0.184. The van der Waals surface area contributed by atoms with Crippen molar-refractivity contribution in [3.05, 3.63) is 115 Å². The molecule has 1 aliphatic heterocycles. The lowest BCUT2D eigenvalue weighted by molar-refractivity contribution is -0.385. The molecule has 4 rings (SSSR count). The van der Waals surface area contributed by atoms with Gasteiger partial charge < -0.3 is 9.47 Å². The summed E-state index contributed by atoms with van der Waals surface area (Å²) >= 11 is 0. The van der Waals surface area contributed by atoms with Crippen LogP contribution in [-0.2, 0) is 16.1 Å². The Bertz CT molecular complexity index is 1310. The number of benzene rings is 3. The summed E-state index contributed by atoms with van der Waals surface area (Å²) in [6.45, 7) is 0.0869. The number of ether oxygens (including phenoxy) is 2. The van der Waals surface area contributed by atoms with Crippen LogP contribution in [-0.4, -0.2) is 21.7 Å². The summed E-state index contributed by atoms with van der Waals surface area (Å²) < 4.78 is 11.0. The van der Waals surface area contributed by atoms with Gasteiger partial charge in [-0.3, -0.25) is 20.2 Å². The van der Waals surface area contributed by atoms with Crippen molar-refractivity contribution in [2.75, 3.05) is 0 Å². The van der Waals surface area contributed by atoms with Crippen molar-refractivity contribution >= 4 is 29.3 Å². The number of para-hydroxylation sites is 1. The van der Waals surface area contributed by atoms with E-state index in [1.807, 2.05) is 0 Å². The zero-order valence-electron chi connectivity index (χ0n) is 16.9. The molecular weight excluding hydrogens is 430 g/mol. The van der Waals surface area contributed by atoms with Gasteiger partial charge in [0.15, 0.2) is 5.70 Å². The van der Waals surface area contributed by atoms with Gasteiger partial charge >= 0.3 is 5.97 Å². The van der Waals surface area contributed by atoms with Gasteiger partial charge in [0.2, 0.25) is 5.90 Å². The van der Waals surface area contributed by atoms with Crippen LogP contribution >= 0.6 is 0 Å². The predicted molar refractivity (Wildman–Crippen MR) is 118 cm³/mol. The highest BCUT2D eigenvalue weighted by atomic mass is 16.6. The van der Waals surface area contributed by atoms with Crippen LogP contribution in [0.3, 0.4) is 0 Å². The first-order valence-corrected chi connectivity index (χ1v) is 9.63. The number of hydrogen-bond acceptors (Lipinski definition) is 8. The normalized spacial score (nSPS) is 14.0. The highest BCUT2D eigenvalue weighted by Gasteiger charge is 2.25. The average Bonchev–Trinajstić information content (AvgIpc) is 3.19. The molecule has 0 atom stereocenters. The van der Waals surface area contributed by atoms with Crippen LogP contribution in [0.2, 0.25) is 0 Å². The number of carbonyl (C=O) groups excluding carboxylic acids is 1. The number of hydrogen-bond donors (Lipinski definition) is 0. The minimum Gasteiger partial charge on any atom is -0.488 e. The van der Waals surface area contributed by atoms with Gasteiger partial charge in [-0.15, -0.1) is 0 Å². The summed E-state index contributed by atoms with van der Waals surface area (Å²) in [5, 5.41) is 21.8. The molecule has 10 nitrogen and oxygen atoms in total. The monoisotopic (exact) mass is 445 g/mol. The number of aliphatic imine (C=N–C) groups is 1. The molecule has 1 heterocycles. The fraction of sp³-hybridized carbons (Fsp3) is 0.0435. The second-order valence-corrected chi connectivity index (χ2v) is 6.89. The van der Waals surface area contributed by atoms with E-state index in [-0.39, 0.29) is 29.6 Å². The summed E-state index contributed by atoms with van der Waals surface area (Å²) in [5.41, 5.74) is 1.51. The third-order valence-corrected chi connectivity index (χ3v) is 4.67. The van der Waals surface area contributed by atoms with Crippen molar-refractivity contribution < 1.29 is 24.1 Å². The van der Waals surface area contributed by atoms with E-state index in [4.69, 9.17) is 9.47 Å². The molecule has 0 fully saturated rings. The first-order chi connectivity index (χ1) is 15.9. The standard InChI is InChI=1S/C23H15N3O7/c27-23-20(24-22(33-23)16-8-10-18(11-9-16)25(28)29)13-17-5-1-2-7-21(17)32-14-15-4-3-6-19(12-15)26(30)31/h1-13H,14H2/b20-13-. The van der Waals surface area contributed by atoms with Gasteiger partial charge in [-0.25, -0.2) is 9.79 Å². The number of rotatable bonds is 7. The molecule has 0 spiro atoms. The number of nitro groups is 2. The predicted octanol–water partition coefficient (Wildman–Crippen LogP) is 4.43. The van der Waals surface area contributed by atoms with Crippen LogP contribution in [0.1, 0.15) is 16.7 Å². The molecular formula is C23H15N3O7. The Balaban J connectivity index is 1.55. The maximum atomic E-state index is 12.3. The van der Waals surface area contributed by atoms with E-state index >= 15 is 0 Å². The number of esters is 1. The first kappa shape index (κ1) is 21.4. The smallest absolute Gasteiger partial charge is 0.363 e. The van der Waals surface area contributed by atoms with Crippen molar-refractivity contribution in [1.82, 2.24) is 0 Å². The number of carbonyl (C=O) groups is 1. The number of cyclic esters (lactones) is 1. The fourth-order valence-corrected chi connectivity index (χ4v) is 3.06. The van der Waals surface area contributed by atoms with Crippen LogP contribution < -0.4 is 4.74 Å². The number of non-ortho nitro benzene ring substituents is 2. The third kappa shape index (κ3) is 4.90. The topological polar surface area (TPSA) is 134 Å². The highest BCUT2D eigenvalue weighted by Crippen LogP contribution is 2.26. The zero-order chi connectivity index (χ0) is 23.4. The van der Waals surface area contributed by atoms with Crippen LogP contribution in [0.25, 0.3) is 6.08 Å². The average molecular weight is 445 g/mol. The maximum absolute atomic E-state index is 12.3. The van der Waals surface area contributed by atoms with E-state index in [9.17, 15) is 25.0 Å². The lowest BCUT2D eigenvalue weighted by Crippen LogP contribution is -2.05. The highest BCUT2D eigenvalue weighted by molar-refractivity contribution is 6.13. The molecule has 3 aromatic rings. The van der Waals surface area contributed by atoms with Crippen LogP contribution in [0.15, 0.2) is 83.5 Å². The van der Waals surface area contributed by atoms with Crippen molar-refractivity contribution in [1.29, 1.82) is 0 Å². The molecule has 0 bridgehead atoms. The molecule has 0 saturated carbocycles. The molecule has 0 aromatic heterocycles. The maximum Gasteiger partial charge on any atom is 0.363 e. The Hall–Kier alpha value is -4.86. The summed E-state index contributed by atoms with van der Waals surface area (Å²) in [6.07, 6.45) is 1.50. The molecule has 164 valence electrons. The Kier molecular flexibility index (Phi) is 5.90. The van der Waals surface area contributed by atoms with E-state index in [1.54, 1.807) is 36.4 Å². The number of nitrogens with zero attached hydrogens (tertiary/aromatic N) is 3. The Labute approximate surface area is 186 Å². The first-order valence-electron chi connectivity index (χ1n) is 9.63. The minimum atomic E-state index is -0.670. The van der Waals surface area contributed by atoms with Gasteiger partial charge in [0.05, 0.1) is 9.85 Å². The van der Waals surface area contributed by atoms with E-state index in [1.165, 1.54) is 42.5 Å². The van der Waals surface area contributed by atoms with Gasteiger partial charge in [0.1, 0.15) is 12.4 Å². The van der Waals surface area contributed by atoms with E-state index in [0.29, 0.717) is 22.4 Å². The fourth-order valence-electron chi connectivity index (χ4n) is 3.06. The van der Waals surface area contributed by atoms with Gasteiger partial charge in [0.25, 0.3) is 11.4 Å². The molecule has 0 radical (unpaired) electrons.